The van der Waals surface area contributed by atoms with Gasteiger partial charge in [-0.2, -0.15) is 0 Å². The van der Waals surface area contributed by atoms with E-state index in [-0.39, 0.29) is 17.7 Å². The summed E-state index contributed by atoms with van der Waals surface area (Å²) in [6, 6.07) is 5.71. The maximum absolute atomic E-state index is 11.7. The fourth-order valence-electron chi connectivity index (χ4n) is 1.80. The third-order valence-electron chi connectivity index (χ3n) is 2.77. The van der Waals surface area contributed by atoms with Crippen LogP contribution in [0.15, 0.2) is 24.3 Å². The van der Waals surface area contributed by atoms with E-state index < -0.39 is 24.1 Å². The van der Waals surface area contributed by atoms with Crippen molar-refractivity contribution >= 4 is 17.6 Å². The number of carbonyl (C=O) groups excluding carboxylic acids is 2. The molecule has 0 bridgehead atoms. The second kappa shape index (κ2) is 5.16. The van der Waals surface area contributed by atoms with Gasteiger partial charge < -0.3 is 20.9 Å². The summed E-state index contributed by atoms with van der Waals surface area (Å²) < 4.78 is 4.72. The van der Waals surface area contributed by atoms with Crippen LogP contribution in [-0.4, -0.2) is 35.7 Å². The Morgan fingerprint density at radius 2 is 2.11 bits per heavy atom. The van der Waals surface area contributed by atoms with Gasteiger partial charge in [-0.15, -0.1) is 0 Å². The van der Waals surface area contributed by atoms with Crippen molar-refractivity contribution in [2.75, 3.05) is 12.3 Å². The maximum atomic E-state index is 11.7. The molecule has 0 radical (unpaired) electrons. The van der Waals surface area contributed by atoms with E-state index in [1.54, 1.807) is 18.2 Å². The van der Waals surface area contributed by atoms with Gasteiger partial charge in [-0.25, -0.2) is 9.59 Å². The van der Waals surface area contributed by atoms with Crippen LogP contribution in [0.2, 0.25) is 0 Å². The fraction of sp³-hybridized carbons (Fsp3) is 0.333. The van der Waals surface area contributed by atoms with Crippen LogP contribution >= 0.6 is 0 Å². The monoisotopic (exact) mass is 250 g/mol. The fourth-order valence-corrected chi connectivity index (χ4v) is 1.80. The molecule has 4 N–H and O–H groups in total. The predicted octanol–water partition coefficient (Wildman–Crippen LogP) is -0.325. The van der Waals surface area contributed by atoms with Crippen LogP contribution in [0.3, 0.4) is 0 Å². The molecule has 0 spiro atoms. The minimum Gasteiger partial charge on any atom is -0.398 e. The molecule has 1 aliphatic rings. The highest BCUT2D eigenvalue weighted by Gasteiger charge is 2.31. The van der Waals surface area contributed by atoms with E-state index in [1.807, 2.05) is 0 Å². The summed E-state index contributed by atoms with van der Waals surface area (Å²) in [6.45, 7) is 0.321. The largest absolute Gasteiger partial charge is 0.398 e. The van der Waals surface area contributed by atoms with E-state index in [2.05, 4.69) is 5.32 Å². The number of esters is 2. The van der Waals surface area contributed by atoms with E-state index in [0.717, 1.165) is 0 Å². The van der Waals surface area contributed by atoms with E-state index >= 15 is 0 Å². The van der Waals surface area contributed by atoms with Crippen LogP contribution in [0.1, 0.15) is 16.8 Å². The molecule has 1 aliphatic heterocycles. The Hall–Kier alpha value is -1.92. The first-order chi connectivity index (χ1) is 8.58. The molecule has 6 nitrogen and oxygen atoms in total. The quantitative estimate of drug-likeness (QED) is 0.377. The Morgan fingerprint density at radius 1 is 1.39 bits per heavy atom. The molecule has 2 atom stereocenters. The van der Waals surface area contributed by atoms with Gasteiger partial charge in [-0.05, 0) is 12.1 Å². The summed E-state index contributed by atoms with van der Waals surface area (Å²) in [7, 11) is 0. The summed E-state index contributed by atoms with van der Waals surface area (Å²) in [6.07, 6.45) is -0.337. The van der Waals surface area contributed by atoms with Gasteiger partial charge in [-0.3, -0.25) is 0 Å². The third kappa shape index (κ3) is 2.66. The number of para-hydroxylation sites is 1. The Labute approximate surface area is 104 Å². The number of anilines is 1. The summed E-state index contributed by atoms with van der Waals surface area (Å²) in [4.78, 5) is 23.3. The van der Waals surface area contributed by atoms with Gasteiger partial charge in [0.25, 0.3) is 0 Å². The Morgan fingerprint density at radius 3 is 2.72 bits per heavy atom. The molecule has 1 saturated heterocycles. The molecule has 18 heavy (non-hydrogen) atoms. The number of nitrogens with two attached hydrogens (primary N) is 1. The van der Waals surface area contributed by atoms with Crippen molar-refractivity contribution in [3.05, 3.63) is 29.8 Å². The van der Waals surface area contributed by atoms with Crippen LogP contribution < -0.4 is 11.1 Å². The van der Waals surface area contributed by atoms with Crippen LogP contribution in [0, 0.1) is 0 Å². The molecular weight excluding hydrogens is 236 g/mol. The number of β-amino-alcohol motifs (C(OH)–C–C–N with tert-alkyl or cyclic N) is 1. The highest BCUT2D eigenvalue weighted by atomic mass is 16.6. The molecule has 0 aliphatic carbocycles. The lowest BCUT2D eigenvalue weighted by molar-refractivity contribution is -0.140. The third-order valence-corrected chi connectivity index (χ3v) is 2.77. The Bertz CT molecular complexity index is 475. The average molecular weight is 250 g/mol. The van der Waals surface area contributed by atoms with Gasteiger partial charge >= 0.3 is 11.9 Å². The van der Waals surface area contributed by atoms with Crippen molar-refractivity contribution in [3.63, 3.8) is 0 Å². The van der Waals surface area contributed by atoms with Crippen LogP contribution in [0.5, 0.6) is 0 Å². The summed E-state index contributed by atoms with van der Waals surface area (Å²) >= 11 is 0. The van der Waals surface area contributed by atoms with Gasteiger partial charge in [0.2, 0.25) is 0 Å². The van der Waals surface area contributed by atoms with Crippen LogP contribution in [0.4, 0.5) is 5.69 Å². The van der Waals surface area contributed by atoms with Crippen LogP contribution in [0.25, 0.3) is 0 Å². The van der Waals surface area contributed by atoms with Gasteiger partial charge in [0, 0.05) is 18.7 Å². The molecule has 1 aromatic carbocycles. The standard InChI is InChI=1S/C12H14N2O4/c13-9-4-2-1-3-8(9)11(16)18-12(17)10-5-7(15)6-14-10/h1-4,7,10,14-15H,5-6,13H2/t7-,10+/m1/s1. The number of carbonyl (C=O) groups is 2. The minimum atomic E-state index is -0.777. The first kappa shape index (κ1) is 12.5. The Kier molecular flexibility index (Phi) is 3.59. The lowest BCUT2D eigenvalue weighted by atomic mass is 10.2. The van der Waals surface area contributed by atoms with Crippen molar-refractivity contribution < 1.29 is 19.4 Å². The number of ether oxygens (including phenoxy) is 1. The number of nitrogen functional groups attached to an aromatic ring is 1. The lowest BCUT2D eigenvalue weighted by Gasteiger charge is -2.09. The molecule has 96 valence electrons. The van der Waals surface area contributed by atoms with Crippen molar-refractivity contribution in [1.29, 1.82) is 0 Å². The van der Waals surface area contributed by atoms with Gasteiger partial charge in [0.1, 0.15) is 6.04 Å². The summed E-state index contributed by atoms with van der Waals surface area (Å²) in [5.74, 6) is -1.47. The number of rotatable bonds is 2. The van der Waals surface area contributed by atoms with Crippen molar-refractivity contribution in [3.8, 4) is 0 Å². The molecule has 6 heteroatoms. The number of aliphatic hydroxyl groups is 1. The molecule has 1 fully saturated rings. The summed E-state index contributed by atoms with van der Waals surface area (Å²) in [5, 5.41) is 12.0. The topological polar surface area (TPSA) is 102 Å². The van der Waals surface area contributed by atoms with E-state index in [0.29, 0.717) is 6.54 Å². The lowest BCUT2D eigenvalue weighted by Crippen LogP contribution is -2.33. The zero-order valence-electron chi connectivity index (χ0n) is 9.63. The second-order valence-electron chi connectivity index (χ2n) is 4.15. The maximum Gasteiger partial charge on any atom is 0.347 e. The smallest absolute Gasteiger partial charge is 0.347 e. The molecule has 2 rings (SSSR count). The second-order valence-corrected chi connectivity index (χ2v) is 4.15. The summed E-state index contributed by atoms with van der Waals surface area (Å²) in [5.41, 5.74) is 6.02. The average Bonchev–Trinajstić information content (AvgIpc) is 2.76. The van der Waals surface area contributed by atoms with Crippen molar-refractivity contribution in [2.45, 2.75) is 18.6 Å². The first-order valence-electron chi connectivity index (χ1n) is 5.60. The number of benzene rings is 1. The molecule has 0 unspecified atom stereocenters. The molecule has 0 aromatic heterocycles. The van der Waals surface area contributed by atoms with Crippen molar-refractivity contribution in [1.82, 2.24) is 5.32 Å². The number of hydrogen-bond acceptors (Lipinski definition) is 6. The zero-order chi connectivity index (χ0) is 13.1. The van der Waals surface area contributed by atoms with E-state index in [9.17, 15) is 14.7 Å². The molecule has 0 amide bonds. The SMILES string of the molecule is Nc1ccccc1C(=O)OC(=O)[C@@H]1C[C@@H](O)CN1. The van der Waals surface area contributed by atoms with Gasteiger partial charge in [-0.1, -0.05) is 12.1 Å². The molecule has 1 aromatic rings. The number of aliphatic hydroxyl groups excluding tert-OH is 1. The number of nitrogens with one attached hydrogen (secondary N) is 1. The minimum absolute atomic E-state index is 0.157. The zero-order valence-corrected chi connectivity index (χ0v) is 9.63. The van der Waals surface area contributed by atoms with Gasteiger partial charge in [0.05, 0.1) is 11.7 Å². The van der Waals surface area contributed by atoms with Gasteiger partial charge in [0.15, 0.2) is 0 Å². The highest BCUT2D eigenvalue weighted by Crippen LogP contribution is 2.14. The predicted molar refractivity (Wildman–Crippen MR) is 63.7 cm³/mol. The normalized spacial score (nSPS) is 22.7. The van der Waals surface area contributed by atoms with Crippen LogP contribution in [-0.2, 0) is 9.53 Å². The number of hydrogen-bond donors (Lipinski definition) is 3. The molecule has 1 heterocycles. The van der Waals surface area contributed by atoms with Crippen molar-refractivity contribution in [2.24, 2.45) is 0 Å². The molecule has 0 saturated carbocycles. The van der Waals surface area contributed by atoms with E-state index in [1.165, 1.54) is 6.07 Å². The van der Waals surface area contributed by atoms with E-state index in [4.69, 9.17) is 10.5 Å². The Balaban J connectivity index is 2.00. The molecular formula is C12H14N2O4. The first-order valence-corrected chi connectivity index (χ1v) is 5.60. The highest BCUT2D eigenvalue weighted by molar-refractivity contribution is 6.01.